The molecule has 0 aromatic rings. The molecule has 0 aliphatic heterocycles. The molecule has 0 rings (SSSR count). The minimum absolute atomic E-state index is 0.602. The van der Waals surface area contributed by atoms with E-state index in [1.54, 1.807) is 0 Å². The van der Waals surface area contributed by atoms with E-state index in [2.05, 4.69) is 31.2 Å². The van der Waals surface area contributed by atoms with Crippen LogP contribution >= 0.6 is 11.2 Å². The fraction of sp³-hybridized carbons (Fsp3) is 1.00. The van der Waals surface area contributed by atoms with E-state index in [-0.39, 0.29) is 0 Å². The molecule has 0 amide bonds. The van der Waals surface area contributed by atoms with Crippen LogP contribution in [0.5, 0.6) is 0 Å². The molecule has 0 bridgehead atoms. The molecule has 7 heavy (non-hydrogen) atoms. The summed E-state index contributed by atoms with van der Waals surface area (Å²) in [5.41, 5.74) is 0. The van der Waals surface area contributed by atoms with Crippen LogP contribution in [0, 0.1) is 0 Å². The molecule has 0 nitrogen and oxygen atoms in total. The predicted octanol–water partition coefficient (Wildman–Crippen LogP) is 0.807. The fourth-order valence-electron chi connectivity index (χ4n) is 0.433. The third kappa shape index (κ3) is 6.78. The molecule has 0 aromatic carbocycles. The van der Waals surface area contributed by atoms with Crippen molar-refractivity contribution in [3.8, 4) is 0 Å². The highest BCUT2D eigenvalue weighted by Crippen LogP contribution is 2.13. The summed E-state index contributed by atoms with van der Waals surface area (Å²) in [6.07, 6.45) is 0. The van der Waals surface area contributed by atoms with E-state index in [1.807, 2.05) is 0 Å². The van der Waals surface area contributed by atoms with Crippen LogP contribution in [0.3, 0.4) is 0 Å². The average molecular weight is 150 g/mol. The molecule has 0 aliphatic carbocycles. The zero-order valence-corrected chi connectivity index (χ0v) is 9.43. The van der Waals surface area contributed by atoms with Gasteiger partial charge in [0.05, 0.1) is 6.74 Å². The van der Waals surface area contributed by atoms with Crippen LogP contribution in [0.25, 0.3) is 0 Å². The molecular weight excluding hydrogens is 136 g/mol. The van der Waals surface area contributed by atoms with Gasteiger partial charge >= 0.3 is 0 Å². The second kappa shape index (κ2) is 2.94. The van der Waals surface area contributed by atoms with Gasteiger partial charge in [-0.05, 0) is 5.75 Å². The molecule has 0 N–H and O–H groups in total. The maximum Gasteiger partial charge on any atom is 0.0918 e. The highest BCUT2D eigenvalue weighted by Gasteiger charge is 2.10. The summed E-state index contributed by atoms with van der Waals surface area (Å²) in [6.45, 7) is 6.52. The number of hydrogen-bond acceptors (Lipinski definition) is 1. The Morgan fingerprint density at radius 3 is 2.00 bits per heavy atom. The zero-order chi connectivity index (χ0) is 5.91. The third-order valence-electron chi connectivity index (χ3n) is 0.577. The normalized spacial score (nSPS) is 12.4. The first-order valence-electron chi connectivity index (χ1n) is 2.70. The van der Waals surface area contributed by atoms with Gasteiger partial charge in [0.25, 0.3) is 0 Å². The molecule has 0 saturated heterocycles. The summed E-state index contributed by atoms with van der Waals surface area (Å²) in [6, 6.07) is 0. The molecule has 0 atom stereocenters. The van der Waals surface area contributed by atoms with Crippen molar-refractivity contribution >= 4 is 27.7 Å². The van der Waals surface area contributed by atoms with Gasteiger partial charge in [-0.1, -0.05) is 20.0 Å². The van der Waals surface area contributed by atoms with Crippen molar-refractivity contribution in [2.75, 3.05) is 5.75 Å². The highest BCUT2D eigenvalue weighted by molar-refractivity contribution is 8.32. The lowest BCUT2D eigenvalue weighted by Crippen LogP contribution is -2.20. The van der Waals surface area contributed by atoms with Crippen molar-refractivity contribution in [2.45, 2.75) is 20.0 Å². The van der Waals surface area contributed by atoms with Gasteiger partial charge in [0.15, 0.2) is 0 Å². The smallest absolute Gasteiger partial charge is 0.0918 e. The van der Waals surface area contributed by atoms with Gasteiger partial charge in [0.2, 0.25) is 0 Å². The van der Waals surface area contributed by atoms with E-state index in [0.717, 1.165) is 0 Å². The predicted molar refractivity (Wildman–Crippen MR) is 45.6 cm³/mol. The van der Waals surface area contributed by atoms with Gasteiger partial charge in [-0.2, -0.15) is 11.2 Å². The van der Waals surface area contributed by atoms with Gasteiger partial charge in [0, 0.05) is 9.76 Å². The zero-order valence-electron chi connectivity index (χ0n) is 5.62. The molecule has 0 aliphatic rings. The van der Waals surface area contributed by atoms with Crippen LogP contribution in [0.1, 0.15) is 6.92 Å². The van der Waals surface area contributed by atoms with Crippen molar-refractivity contribution in [3.05, 3.63) is 0 Å². The Morgan fingerprint density at radius 1 is 1.57 bits per heavy atom. The molecule has 3 heteroatoms. The van der Waals surface area contributed by atoms with Crippen LogP contribution in [0.4, 0.5) is 0 Å². The summed E-state index contributed by atoms with van der Waals surface area (Å²) in [7, 11) is 1.44. The topological polar surface area (TPSA) is 0 Å². The van der Waals surface area contributed by atoms with Crippen molar-refractivity contribution in [1.82, 2.24) is 0 Å². The number of rotatable bonds is 2. The maximum absolute atomic E-state index is 2.44. The molecule has 0 fully saturated rings. The van der Waals surface area contributed by atoms with Gasteiger partial charge < -0.3 is 0 Å². The molecule has 0 saturated carbocycles. The molecule has 0 spiro atoms. The van der Waals surface area contributed by atoms with Gasteiger partial charge in [-0.3, -0.25) is 0 Å². The number of hydrogen-bond donors (Lipinski definition) is 0. The molecule has 0 heterocycles. The second-order valence-corrected chi connectivity index (χ2v) is 21.9. The van der Waals surface area contributed by atoms with Gasteiger partial charge in [-0.15, -0.1) is 0 Å². The Morgan fingerprint density at radius 2 is 2.00 bits per heavy atom. The lowest BCUT2D eigenvalue weighted by molar-refractivity contribution is 1.54. The summed E-state index contributed by atoms with van der Waals surface area (Å²) in [5.74, 6) is 1.32. The quantitative estimate of drug-likeness (QED) is 0.525. The van der Waals surface area contributed by atoms with Crippen molar-refractivity contribution in [1.29, 1.82) is 0 Å². The monoisotopic (exact) mass is 150 g/mol. The lowest BCUT2D eigenvalue weighted by Gasteiger charge is -2.12. The van der Waals surface area contributed by atoms with E-state index in [9.17, 15) is 0 Å². The Labute approximate surface area is 53.9 Å². The van der Waals surface area contributed by atoms with Crippen LogP contribution in [-0.2, 0) is 0 Å². The van der Waals surface area contributed by atoms with E-state index in [4.69, 9.17) is 0 Å². The minimum Gasteiger partial charge on any atom is -0.190 e. The second-order valence-electron chi connectivity index (χ2n) is 2.55. The van der Waals surface area contributed by atoms with E-state index >= 15 is 0 Å². The van der Waals surface area contributed by atoms with Crippen LogP contribution in [0.2, 0.25) is 13.1 Å². The first kappa shape index (κ1) is 7.78. The Hall–Kier alpha value is 0.784. The van der Waals surface area contributed by atoms with Gasteiger partial charge in [-0.25, -0.2) is 0 Å². The average Bonchev–Trinajstić information content (AvgIpc) is 1.30. The SMILES string of the molecule is CCS[Si](C)(C)[SiH3]. The van der Waals surface area contributed by atoms with E-state index in [1.165, 1.54) is 15.5 Å². The first-order chi connectivity index (χ1) is 3.06. The third-order valence-corrected chi connectivity index (χ3v) is 7.79. The van der Waals surface area contributed by atoms with Crippen LogP contribution in [-0.4, -0.2) is 22.3 Å². The largest absolute Gasteiger partial charge is 0.190 e. The summed E-state index contributed by atoms with van der Waals surface area (Å²) in [4.78, 5) is 0. The first-order valence-corrected chi connectivity index (χ1v) is 10.9. The minimum atomic E-state index is -0.602. The summed E-state index contributed by atoms with van der Waals surface area (Å²) >= 11 is 2.19. The molecular formula is C4H14SSi2. The van der Waals surface area contributed by atoms with Gasteiger partial charge in [0.1, 0.15) is 0 Å². The highest BCUT2D eigenvalue weighted by atomic mass is 32.4. The van der Waals surface area contributed by atoms with E-state index < -0.39 is 6.74 Å². The maximum atomic E-state index is 2.44. The molecule has 0 radical (unpaired) electrons. The standard InChI is InChI=1S/C4H14SSi2/c1-4-5-7(2,3)6/h4H2,1-3,6H3. The van der Waals surface area contributed by atoms with Crippen molar-refractivity contribution in [2.24, 2.45) is 0 Å². The Balaban J connectivity index is 3.15. The molecule has 44 valence electrons. The molecule has 0 aromatic heterocycles. The van der Waals surface area contributed by atoms with Crippen LogP contribution < -0.4 is 0 Å². The Kier molecular flexibility index (Phi) is 3.27. The molecule has 0 unspecified atom stereocenters. The van der Waals surface area contributed by atoms with E-state index in [0.29, 0.717) is 0 Å². The Bertz CT molecular complexity index is 48.1. The van der Waals surface area contributed by atoms with Crippen molar-refractivity contribution < 1.29 is 0 Å². The van der Waals surface area contributed by atoms with Crippen LogP contribution in [0.15, 0.2) is 0 Å². The summed E-state index contributed by atoms with van der Waals surface area (Å²) in [5, 5.41) is 0. The fourth-order valence-corrected chi connectivity index (χ4v) is 6.50. The lowest BCUT2D eigenvalue weighted by atomic mass is 11.0. The summed E-state index contributed by atoms with van der Waals surface area (Å²) < 4.78 is 0. The van der Waals surface area contributed by atoms with Crippen molar-refractivity contribution in [3.63, 3.8) is 0 Å².